The van der Waals surface area contributed by atoms with Crippen LogP contribution in [0.1, 0.15) is 25.7 Å². The van der Waals surface area contributed by atoms with E-state index in [1.54, 1.807) is 0 Å². The van der Waals surface area contributed by atoms with E-state index < -0.39 is 29.8 Å². The Morgan fingerprint density at radius 3 is 2.38 bits per heavy atom. The fourth-order valence-corrected chi connectivity index (χ4v) is 1.76. The van der Waals surface area contributed by atoms with Crippen LogP contribution in [0.3, 0.4) is 0 Å². The Balaban J connectivity index is 2.27. The summed E-state index contributed by atoms with van der Waals surface area (Å²) in [5, 5.41) is 9.26. The van der Waals surface area contributed by atoms with Gasteiger partial charge in [-0.3, -0.25) is 0 Å². The minimum Gasteiger partial charge on any atom is -0.390 e. The van der Waals surface area contributed by atoms with Crippen LogP contribution in [0, 0.1) is 0 Å². The van der Waals surface area contributed by atoms with E-state index in [0.717, 1.165) is 12.8 Å². The molecule has 0 aromatic heterocycles. The predicted octanol–water partition coefficient (Wildman–Crippen LogP) is 2.47. The molecule has 2 nitrogen and oxygen atoms in total. The maximum Gasteiger partial charge on any atom is 0.467 e. The maximum absolute atomic E-state index is 11.7. The SMILES string of the molecule is OC1CCCCC1OSC(F)(F)F. The lowest BCUT2D eigenvalue weighted by atomic mass is 9.95. The van der Waals surface area contributed by atoms with Gasteiger partial charge in [0.15, 0.2) is 0 Å². The summed E-state index contributed by atoms with van der Waals surface area (Å²) in [6, 6.07) is 0. The van der Waals surface area contributed by atoms with Gasteiger partial charge in [-0.05, 0) is 12.8 Å². The Morgan fingerprint density at radius 1 is 1.23 bits per heavy atom. The molecule has 0 aromatic rings. The highest BCUT2D eigenvalue weighted by Gasteiger charge is 2.34. The lowest BCUT2D eigenvalue weighted by Crippen LogP contribution is -2.31. The summed E-state index contributed by atoms with van der Waals surface area (Å²) in [6.07, 6.45) is 1.30. The Hall–Kier alpha value is 0.0600. The highest BCUT2D eigenvalue weighted by molar-refractivity contribution is 7.95. The summed E-state index contributed by atoms with van der Waals surface area (Å²) in [5.74, 6) is 0. The van der Waals surface area contributed by atoms with Gasteiger partial charge in [0.05, 0.1) is 12.2 Å². The second kappa shape index (κ2) is 4.52. The fourth-order valence-electron chi connectivity index (χ4n) is 1.31. The monoisotopic (exact) mass is 216 g/mol. The normalized spacial score (nSPS) is 30.5. The van der Waals surface area contributed by atoms with Gasteiger partial charge >= 0.3 is 5.51 Å². The third kappa shape index (κ3) is 4.19. The van der Waals surface area contributed by atoms with Crippen LogP contribution in [-0.4, -0.2) is 22.8 Å². The Morgan fingerprint density at radius 2 is 1.85 bits per heavy atom. The van der Waals surface area contributed by atoms with Crippen molar-refractivity contribution in [3.05, 3.63) is 0 Å². The summed E-state index contributed by atoms with van der Waals surface area (Å²) in [4.78, 5) is 0. The smallest absolute Gasteiger partial charge is 0.390 e. The van der Waals surface area contributed by atoms with Gasteiger partial charge < -0.3 is 9.29 Å². The van der Waals surface area contributed by atoms with Gasteiger partial charge in [0.25, 0.3) is 0 Å². The van der Waals surface area contributed by atoms with Crippen molar-refractivity contribution in [2.24, 2.45) is 0 Å². The van der Waals surface area contributed by atoms with E-state index in [0.29, 0.717) is 12.8 Å². The third-order valence-corrected chi connectivity index (χ3v) is 2.47. The number of hydrogen-bond donors (Lipinski definition) is 1. The number of hydrogen-bond acceptors (Lipinski definition) is 3. The zero-order chi connectivity index (χ0) is 9.90. The van der Waals surface area contributed by atoms with Crippen molar-refractivity contribution >= 4 is 12.0 Å². The molecule has 2 atom stereocenters. The van der Waals surface area contributed by atoms with E-state index in [1.807, 2.05) is 0 Å². The number of aliphatic hydroxyl groups excluding tert-OH is 1. The first kappa shape index (κ1) is 11.1. The molecular weight excluding hydrogens is 205 g/mol. The summed E-state index contributed by atoms with van der Waals surface area (Å²) in [6.45, 7) is 0. The van der Waals surface area contributed by atoms with Crippen LogP contribution in [0.2, 0.25) is 0 Å². The van der Waals surface area contributed by atoms with E-state index in [2.05, 4.69) is 4.18 Å². The summed E-state index contributed by atoms with van der Waals surface area (Å²) < 4.78 is 39.6. The standard InChI is InChI=1S/C7H11F3O2S/c8-7(9,10)13-12-6-4-2-1-3-5(6)11/h5-6,11H,1-4H2. The molecule has 1 aliphatic carbocycles. The zero-order valence-corrected chi connectivity index (χ0v) is 7.70. The van der Waals surface area contributed by atoms with Crippen LogP contribution < -0.4 is 0 Å². The van der Waals surface area contributed by atoms with Gasteiger partial charge in [0.1, 0.15) is 12.0 Å². The Kier molecular flexibility index (Phi) is 3.87. The third-order valence-electron chi connectivity index (χ3n) is 1.93. The van der Waals surface area contributed by atoms with Crippen molar-refractivity contribution in [3.8, 4) is 0 Å². The lowest BCUT2D eigenvalue weighted by Gasteiger charge is -2.26. The molecule has 2 unspecified atom stereocenters. The van der Waals surface area contributed by atoms with Gasteiger partial charge in [-0.15, -0.1) is 0 Å². The second-order valence-electron chi connectivity index (χ2n) is 3.02. The van der Waals surface area contributed by atoms with Crippen LogP contribution in [0.15, 0.2) is 0 Å². The molecule has 0 aliphatic heterocycles. The highest BCUT2D eigenvalue weighted by Crippen LogP contribution is 2.34. The number of halogens is 3. The molecule has 0 bridgehead atoms. The van der Waals surface area contributed by atoms with Crippen LogP contribution in [0.4, 0.5) is 13.2 Å². The van der Waals surface area contributed by atoms with Crippen molar-refractivity contribution in [1.29, 1.82) is 0 Å². The highest BCUT2D eigenvalue weighted by atomic mass is 32.2. The van der Waals surface area contributed by atoms with Crippen LogP contribution in [0.5, 0.6) is 0 Å². The van der Waals surface area contributed by atoms with Crippen molar-refractivity contribution in [1.82, 2.24) is 0 Å². The molecular formula is C7H11F3O2S. The average Bonchev–Trinajstić information content (AvgIpc) is 2.01. The van der Waals surface area contributed by atoms with Crippen molar-refractivity contribution in [2.75, 3.05) is 0 Å². The predicted molar refractivity (Wildman–Crippen MR) is 43.0 cm³/mol. The quantitative estimate of drug-likeness (QED) is 0.719. The average molecular weight is 216 g/mol. The van der Waals surface area contributed by atoms with Gasteiger partial charge in [0, 0.05) is 0 Å². The molecule has 13 heavy (non-hydrogen) atoms. The number of rotatable bonds is 2. The van der Waals surface area contributed by atoms with Gasteiger partial charge in [0.2, 0.25) is 0 Å². The number of alkyl halides is 3. The fraction of sp³-hybridized carbons (Fsp3) is 1.00. The molecule has 0 heterocycles. The van der Waals surface area contributed by atoms with Crippen molar-refractivity contribution < 1.29 is 22.5 Å². The molecule has 1 saturated carbocycles. The van der Waals surface area contributed by atoms with E-state index in [4.69, 9.17) is 0 Å². The Bertz CT molecular complexity index is 162. The molecule has 1 rings (SSSR count). The first-order valence-electron chi connectivity index (χ1n) is 4.08. The van der Waals surface area contributed by atoms with Crippen LogP contribution in [0.25, 0.3) is 0 Å². The molecule has 1 N–H and O–H groups in total. The van der Waals surface area contributed by atoms with Crippen molar-refractivity contribution in [2.45, 2.75) is 43.4 Å². The molecule has 0 saturated heterocycles. The summed E-state index contributed by atoms with van der Waals surface area (Å²) in [7, 11) is 0. The molecule has 0 spiro atoms. The van der Waals surface area contributed by atoms with Crippen LogP contribution >= 0.6 is 12.0 Å². The van der Waals surface area contributed by atoms with E-state index in [1.165, 1.54) is 0 Å². The van der Waals surface area contributed by atoms with Gasteiger partial charge in [-0.1, -0.05) is 12.8 Å². The Labute approximate surface area is 78.7 Å². The second-order valence-corrected chi connectivity index (χ2v) is 3.84. The van der Waals surface area contributed by atoms with Gasteiger partial charge in [-0.25, -0.2) is 0 Å². The molecule has 1 fully saturated rings. The molecule has 0 amide bonds. The molecule has 0 aromatic carbocycles. The van der Waals surface area contributed by atoms with E-state index in [9.17, 15) is 18.3 Å². The molecule has 6 heteroatoms. The molecule has 0 radical (unpaired) electrons. The molecule has 78 valence electrons. The maximum atomic E-state index is 11.7. The topological polar surface area (TPSA) is 29.5 Å². The summed E-state index contributed by atoms with van der Waals surface area (Å²) in [5.41, 5.74) is -4.38. The first-order valence-corrected chi connectivity index (χ1v) is 4.82. The van der Waals surface area contributed by atoms with E-state index >= 15 is 0 Å². The van der Waals surface area contributed by atoms with Crippen LogP contribution in [-0.2, 0) is 4.18 Å². The minimum absolute atomic E-state index is 0.504. The largest absolute Gasteiger partial charge is 0.467 e. The van der Waals surface area contributed by atoms with Gasteiger partial charge in [-0.2, -0.15) is 13.2 Å². The minimum atomic E-state index is -4.38. The summed E-state index contributed by atoms with van der Waals surface area (Å²) >= 11 is -0.516. The lowest BCUT2D eigenvalue weighted by molar-refractivity contribution is -0.0496. The number of aliphatic hydroxyl groups is 1. The molecule has 1 aliphatic rings. The van der Waals surface area contributed by atoms with E-state index in [-0.39, 0.29) is 0 Å². The zero-order valence-electron chi connectivity index (χ0n) is 6.88. The first-order chi connectivity index (χ1) is 5.99. The van der Waals surface area contributed by atoms with Crippen molar-refractivity contribution in [3.63, 3.8) is 0 Å².